The quantitative estimate of drug-likeness (QED) is 0.532. The highest BCUT2D eigenvalue weighted by molar-refractivity contribution is 5.78. The third kappa shape index (κ3) is 5.97. The molecule has 0 fully saturated rings. The number of nitrogens with zero attached hydrogens (tertiary/aromatic N) is 1. The SMILES string of the molecule is C=COCCNC(=O)CN(C)[C@@H](C)[C@H](O)c1ccccc1. The van der Waals surface area contributed by atoms with Crippen LogP contribution in [-0.4, -0.2) is 48.7 Å². The fourth-order valence-corrected chi connectivity index (χ4v) is 1.93. The largest absolute Gasteiger partial charge is 0.500 e. The van der Waals surface area contributed by atoms with Gasteiger partial charge in [0.15, 0.2) is 0 Å². The van der Waals surface area contributed by atoms with E-state index in [2.05, 4.69) is 11.9 Å². The molecule has 0 bridgehead atoms. The molecule has 0 spiro atoms. The van der Waals surface area contributed by atoms with Crippen molar-refractivity contribution in [1.29, 1.82) is 0 Å². The molecule has 116 valence electrons. The van der Waals surface area contributed by atoms with Crippen molar-refractivity contribution >= 4 is 5.91 Å². The molecule has 0 aliphatic heterocycles. The van der Waals surface area contributed by atoms with Crippen LogP contribution in [0.25, 0.3) is 0 Å². The van der Waals surface area contributed by atoms with E-state index in [4.69, 9.17) is 4.74 Å². The molecule has 0 aromatic heterocycles. The molecule has 0 radical (unpaired) electrons. The lowest BCUT2D eigenvalue weighted by molar-refractivity contribution is -0.123. The first kappa shape index (κ1) is 17.2. The summed E-state index contributed by atoms with van der Waals surface area (Å²) in [4.78, 5) is 13.6. The first-order valence-electron chi connectivity index (χ1n) is 6.98. The normalized spacial score (nSPS) is 13.5. The molecule has 1 aromatic rings. The van der Waals surface area contributed by atoms with E-state index in [1.165, 1.54) is 6.26 Å². The number of aliphatic hydroxyl groups excluding tert-OH is 1. The maximum absolute atomic E-state index is 11.8. The van der Waals surface area contributed by atoms with Crippen LogP contribution < -0.4 is 5.32 Å². The number of carbonyl (C=O) groups is 1. The number of rotatable bonds is 9. The van der Waals surface area contributed by atoms with Crippen LogP contribution in [0.15, 0.2) is 43.2 Å². The Morgan fingerprint density at radius 3 is 2.76 bits per heavy atom. The van der Waals surface area contributed by atoms with Gasteiger partial charge in [-0.2, -0.15) is 0 Å². The zero-order valence-corrected chi connectivity index (χ0v) is 12.7. The highest BCUT2D eigenvalue weighted by Crippen LogP contribution is 2.19. The summed E-state index contributed by atoms with van der Waals surface area (Å²) in [5, 5.41) is 13.1. The number of likely N-dealkylation sites (N-methyl/N-ethyl adjacent to an activating group) is 1. The first-order chi connectivity index (χ1) is 10.1. The second-order valence-electron chi connectivity index (χ2n) is 4.90. The standard InChI is InChI=1S/C16H24N2O3/c1-4-21-11-10-17-15(19)12-18(3)13(2)16(20)14-8-6-5-7-9-14/h4-9,13,16,20H,1,10-12H2,2-3H3,(H,17,19)/t13-,16-/m0/s1. The van der Waals surface area contributed by atoms with Crippen molar-refractivity contribution in [3.63, 3.8) is 0 Å². The Hall–Kier alpha value is -1.85. The van der Waals surface area contributed by atoms with Gasteiger partial charge >= 0.3 is 0 Å². The van der Waals surface area contributed by atoms with Crippen molar-refractivity contribution in [2.24, 2.45) is 0 Å². The van der Waals surface area contributed by atoms with E-state index in [0.29, 0.717) is 13.2 Å². The number of nitrogens with one attached hydrogen (secondary N) is 1. The second-order valence-corrected chi connectivity index (χ2v) is 4.90. The molecule has 2 N–H and O–H groups in total. The maximum atomic E-state index is 11.8. The third-order valence-electron chi connectivity index (χ3n) is 3.35. The Kier molecular flexibility index (Phi) is 7.50. The van der Waals surface area contributed by atoms with Crippen LogP contribution >= 0.6 is 0 Å². The third-order valence-corrected chi connectivity index (χ3v) is 3.35. The van der Waals surface area contributed by atoms with Crippen LogP contribution in [0.4, 0.5) is 0 Å². The number of hydrogen-bond donors (Lipinski definition) is 2. The molecule has 1 rings (SSSR count). The van der Waals surface area contributed by atoms with Crippen LogP contribution in [-0.2, 0) is 9.53 Å². The van der Waals surface area contributed by atoms with Crippen molar-refractivity contribution in [3.05, 3.63) is 48.7 Å². The molecule has 0 aliphatic rings. The Balaban J connectivity index is 2.41. The van der Waals surface area contributed by atoms with Gasteiger partial charge in [0.1, 0.15) is 6.61 Å². The van der Waals surface area contributed by atoms with Gasteiger partial charge in [-0.1, -0.05) is 36.9 Å². The summed E-state index contributed by atoms with van der Waals surface area (Å²) < 4.78 is 4.93. The molecule has 2 atom stereocenters. The van der Waals surface area contributed by atoms with E-state index in [1.54, 1.807) is 0 Å². The molecule has 21 heavy (non-hydrogen) atoms. The number of ether oxygens (including phenoxy) is 1. The lowest BCUT2D eigenvalue weighted by Gasteiger charge is -2.28. The lowest BCUT2D eigenvalue weighted by atomic mass is 10.0. The molecule has 0 saturated carbocycles. The topological polar surface area (TPSA) is 61.8 Å². The van der Waals surface area contributed by atoms with E-state index in [1.807, 2.05) is 49.2 Å². The number of amides is 1. The van der Waals surface area contributed by atoms with Gasteiger partial charge in [-0.25, -0.2) is 0 Å². The zero-order valence-electron chi connectivity index (χ0n) is 12.7. The zero-order chi connectivity index (χ0) is 15.7. The van der Waals surface area contributed by atoms with Gasteiger partial charge in [0, 0.05) is 6.04 Å². The molecular formula is C16H24N2O3. The Morgan fingerprint density at radius 2 is 2.14 bits per heavy atom. The summed E-state index contributed by atoms with van der Waals surface area (Å²) in [6.07, 6.45) is 0.712. The van der Waals surface area contributed by atoms with Gasteiger partial charge in [0.05, 0.1) is 25.5 Å². The van der Waals surface area contributed by atoms with Crippen molar-refractivity contribution < 1.29 is 14.6 Å². The van der Waals surface area contributed by atoms with Gasteiger partial charge in [0.2, 0.25) is 5.91 Å². The molecule has 5 heteroatoms. The number of aliphatic hydroxyl groups is 1. The van der Waals surface area contributed by atoms with E-state index in [9.17, 15) is 9.90 Å². The van der Waals surface area contributed by atoms with Gasteiger partial charge in [0.25, 0.3) is 0 Å². The summed E-state index contributed by atoms with van der Waals surface area (Å²) >= 11 is 0. The summed E-state index contributed by atoms with van der Waals surface area (Å²) in [6, 6.07) is 9.27. The van der Waals surface area contributed by atoms with Gasteiger partial charge < -0.3 is 15.2 Å². The average Bonchev–Trinajstić information content (AvgIpc) is 2.51. The maximum Gasteiger partial charge on any atom is 0.234 e. The molecule has 5 nitrogen and oxygen atoms in total. The fourth-order valence-electron chi connectivity index (χ4n) is 1.93. The Labute approximate surface area is 126 Å². The summed E-state index contributed by atoms with van der Waals surface area (Å²) in [5.41, 5.74) is 0.844. The van der Waals surface area contributed by atoms with Gasteiger partial charge in [-0.05, 0) is 19.5 Å². The molecule has 0 unspecified atom stereocenters. The van der Waals surface area contributed by atoms with Crippen molar-refractivity contribution in [2.75, 3.05) is 26.7 Å². The second kappa shape index (κ2) is 9.15. The molecule has 0 aliphatic carbocycles. The highest BCUT2D eigenvalue weighted by Gasteiger charge is 2.21. The first-order valence-corrected chi connectivity index (χ1v) is 6.98. The highest BCUT2D eigenvalue weighted by atomic mass is 16.5. The lowest BCUT2D eigenvalue weighted by Crippen LogP contribution is -2.42. The van der Waals surface area contributed by atoms with Crippen molar-refractivity contribution in [1.82, 2.24) is 10.2 Å². The number of hydrogen-bond acceptors (Lipinski definition) is 4. The van der Waals surface area contributed by atoms with E-state index in [0.717, 1.165) is 5.56 Å². The number of benzene rings is 1. The predicted molar refractivity (Wildman–Crippen MR) is 82.7 cm³/mol. The van der Waals surface area contributed by atoms with Crippen LogP contribution in [0.5, 0.6) is 0 Å². The molecule has 1 aromatic carbocycles. The molecular weight excluding hydrogens is 268 g/mol. The van der Waals surface area contributed by atoms with E-state index >= 15 is 0 Å². The smallest absolute Gasteiger partial charge is 0.234 e. The predicted octanol–water partition coefficient (Wildman–Crippen LogP) is 1.32. The molecule has 0 saturated heterocycles. The minimum atomic E-state index is -0.631. The van der Waals surface area contributed by atoms with Crippen LogP contribution in [0.2, 0.25) is 0 Å². The minimum Gasteiger partial charge on any atom is -0.500 e. The van der Waals surface area contributed by atoms with Crippen LogP contribution in [0.3, 0.4) is 0 Å². The summed E-state index contributed by atoms with van der Waals surface area (Å²) in [5.74, 6) is -0.0997. The Morgan fingerprint density at radius 1 is 1.48 bits per heavy atom. The van der Waals surface area contributed by atoms with E-state index in [-0.39, 0.29) is 18.5 Å². The monoisotopic (exact) mass is 292 g/mol. The van der Waals surface area contributed by atoms with Crippen molar-refractivity contribution in [3.8, 4) is 0 Å². The van der Waals surface area contributed by atoms with E-state index < -0.39 is 6.10 Å². The Bertz CT molecular complexity index is 436. The summed E-state index contributed by atoms with van der Waals surface area (Å²) in [7, 11) is 1.82. The molecule has 1 amide bonds. The molecule has 0 heterocycles. The van der Waals surface area contributed by atoms with Crippen LogP contribution in [0, 0.1) is 0 Å². The average molecular weight is 292 g/mol. The van der Waals surface area contributed by atoms with Gasteiger partial charge in [-0.3, -0.25) is 9.69 Å². The minimum absolute atomic E-state index is 0.0997. The van der Waals surface area contributed by atoms with Crippen LogP contribution in [0.1, 0.15) is 18.6 Å². The fraction of sp³-hybridized carbons (Fsp3) is 0.438. The summed E-state index contributed by atoms with van der Waals surface area (Å²) in [6.45, 7) is 6.38. The van der Waals surface area contributed by atoms with Crippen molar-refractivity contribution in [2.45, 2.75) is 19.1 Å². The van der Waals surface area contributed by atoms with Gasteiger partial charge in [-0.15, -0.1) is 0 Å². The number of carbonyl (C=O) groups excluding carboxylic acids is 1.